The number of hydrogen-bond donors (Lipinski definition) is 0. The Labute approximate surface area is 123 Å². The van der Waals surface area contributed by atoms with Gasteiger partial charge in [-0.1, -0.05) is 47.5 Å². The van der Waals surface area contributed by atoms with Crippen LogP contribution >= 0.6 is 0 Å². The zero-order chi connectivity index (χ0) is 15.5. The standard InChI is InChI=1S/C16H30O4/c1-6-13(10-19-15(17)8-3)9-14(7-2)11-20-16(18)12(4)5/h12-14H,6-11H2,1-5H3. The van der Waals surface area contributed by atoms with Gasteiger partial charge < -0.3 is 9.47 Å². The van der Waals surface area contributed by atoms with Gasteiger partial charge >= 0.3 is 11.9 Å². The second-order valence-corrected chi connectivity index (χ2v) is 5.61. The Morgan fingerprint density at radius 2 is 1.40 bits per heavy atom. The van der Waals surface area contributed by atoms with E-state index in [4.69, 9.17) is 9.47 Å². The molecule has 0 bridgehead atoms. The summed E-state index contributed by atoms with van der Waals surface area (Å²) in [5, 5.41) is 0. The van der Waals surface area contributed by atoms with Gasteiger partial charge in [-0.3, -0.25) is 9.59 Å². The number of carbonyl (C=O) groups excluding carboxylic acids is 2. The number of hydrogen-bond acceptors (Lipinski definition) is 4. The summed E-state index contributed by atoms with van der Waals surface area (Å²) in [4.78, 5) is 22.7. The second-order valence-electron chi connectivity index (χ2n) is 5.61. The van der Waals surface area contributed by atoms with E-state index in [1.807, 2.05) is 13.8 Å². The van der Waals surface area contributed by atoms with Gasteiger partial charge in [0, 0.05) is 6.42 Å². The lowest BCUT2D eigenvalue weighted by Crippen LogP contribution is -2.22. The SMILES string of the molecule is CCC(=O)OCC(CC)CC(CC)COC(=O)C(C)C. The maximum atomic E-state index is 11.5. The van der Waals surface area contributed by atoms with Crippen LogP contribution < -0.4 is 0 Å². The van der Waals surface area contributed by atoms with E-state index >= 15 is 0 Å². The molecule has 0 saturated carbocycles. The van der Waals surface area contributed by atoms with Crippen molar-refractivity contribution in [2.24, 2.45) is 17.8 Å². The predicted molar refractivity (Wildman–Crippen MR) is 79.2 cm³/mol. The number of rotatable bonds is 10. The van der Waals surface area contributed by atoms with Gasteiger partial charge in [0.05, 0.1) is 19.1 Å². The smallest absolute Gasteiger partial charge is 0.308 e. The van der Waals surface area contributed by atoms with Gasteiger partial charge in [0.15, 0.2) is 0 Å². The highest BCUT2D eigenvalue weighted by atomic mass is 16.5. The first-order chi connectivity index (χ1) is 9.44. The topological polar surface area (TPSA) is 52.6 Å². The third-order valence-electron chi connectivity index (χ3n) is 3.52. The Morgan fingerprint density at radius 3 is 1.80 bits per heavy atom. The Hall–Kier alpha value is -1.06. The third-order valence-corrected chi connectivity index (χ3v) is 3.52. The van der Waals surface area contributed by atoms with Crippen molar-refractivity contribution >= 4 is 11.9 Å². The molecule has 0 aromatic rings. The summed E-state index contributed by atoms with van der Waals surface area (Å²) in [7, 11) is 0. The molecule has 0 aromatic heterocycles. The molecule has 0 radical (unpaired) electrons. The Balaban J connectivity index is 4.16. The molecule has 0 spiro atoms. The van der Waals surface area contributed by atoms with E-state index in [2.05, 4.69) is 13.8 Å². The van der Waals surface area contributed by atoms with Crippen LogP contribution in [0, 0.1) is 17.8 Å². The lowest BCUT2D eigenvalue weighted by atomic mass is 9.92. The van der Waals surface area contributed by atoms with Crippen molar-refractivity contribution in [2.75, 3.05) is 13.2 Å². The van der Waals surface area contributed by atoms with Crippen molar-refractivity contribution in [1.29, 1.82) is 0 Å². The molecule has 0 aromatic carbocycles. The van der Waals surface area contributed by atoms with Crippen molar-refractivity contribution in [1.82, 2.24) is 0 Å². The van der Waals surface area contributed by atoms with E-state index in [-0.39, 0.29) is 17.9 Å². The van der Waals surface area contributed by atoms with E-state index in [1.165, 1.54) is 0 Å². The van der Waals surface area contributed by atoms with Gasteiger partial charge in [0.25, 0.3) is 0 Å². The van der Waals surface area contributed by atoms with Gasteiger partial charge in [-0.15, -0.1) is 0 Å². The van der Waals surface area contributed by atoms with Crippen molar-refractivity contribution < 1.29 is 19.1 Å². The van der Waals surface area contributed by atoms with E-state index in [0.29, 0.717) is 31.5 Å². The van der Waals surface area contributed by atoms with E-state index in [0.717, 1.165) is 19.3 Å². The molecular formula is C16H30O4. The zero-order valence-corrected chi connectivity index (χ0v) is 13.6. The minimum atomic E-state index is -0.150. The Bertz CT molecular complexity index is 286. The maximum absolute atomic E-state index is 11.5. The molecule has 2 atom stereocenters. The largest absolute Gasteiger partial charge is 0.465 e. The molecular weight excluding hydrogens is 256 g/mol. The quantitative estimate of drug-likeness (QED) is 0.576. The lowest BCUT2D eigenvalue weighted by molar-refractivity contribution is -0.149. The molecule has 0 N–H and O–H groups in total. The summed E-state index contributed by atoms with van der Waals surface area (Å²) in [6.07, 6.45) is 3.27. The van der Waals surface area contributed by atoms with Crippen molar-refractivity contribution in [3.8, 4) is 0 Å². The Kier molecular flexibility index (Phi) is 10.1. The van der Waals surface area contributed by atoms with Crippen LogP contribution in [0.5, 0.6) is 0 Å². The van der Waals surface area contributed by atoms with Gasteiger partial charge in [-0.2, -0.15) is 0 Å². The van der Waals surface area contributed by atoms with E-state index < -0.39 is 0 Å². The summed E-state index contributed by atoms with van der Waals surface area (Å²) in [5.41, 5.74) is 0. The number of carbonyl (C=O) groups is 2. The summed E-state index contributed by atoms with van der Waals surface area (Å²) in [6.45, 7) is 10.6. The molecule has 2 unspecified atom stereocenters. The minimum absolute atomic E-state index is 0.0833. The molecule has 20 heavy (non-hydrogen) atoms. The number of ether oxygens (including phenoxy) is 2. The summed E-state index contributed by atoms with van der Waals surface area (Å²) in [5.74, 6) is 0.299. The fourth-order valence-electron chi connectivity index (χ4n) is 1.86. The van der Waals surface area contributed by atoms with Crippen molar-refractivity contribution in [2.45, 2.75) is 60.3 Å². The average Bonchev–Trinajstić information content (AvgIpc) is 2.45. The van der Waals surface area contributed by atoms with Crippen molar-refractivity contribution in [3.05, 3.63) is 0 Å². The van der Waals surface area contributed by atoms with Crippen LogP contribution in [0.1, 0.15) is 60.3 Å². The molecule has 0 aliphatic carbocycles. The van der Waals surface area contributed by atoms with E-state index in [1.54, 1.807) is 6.92 Å². The monoisotopic (exact) mass is 286 g/mol. The molecule has 4 nitrogen and oxygen atoms in total. The summed E-state index contributed by atoms with van der Waals surface area (Å²) in [6, 6.07) is 0. The van der Waals surface area contributed by atoms with Crippen LogP contribution in [0.25, 0.3) is 0 Å². The minimum Gasteiger partial charge on any atom is -0.465 e. The van der Waals surface area contributed by atoms with Gasteiger partial charge in [-0.05, 0) is 18.3 Å². The summed E-state index contributed by atoms with van der Waals surface area (Å²) >= 11 is 0. The molecule has 4 heteroatoms. The van der Waals surface area contributed by atoms with Crippen LogP contribution in [0.4, 0.5) is 0 Å². The zero-order valence-electron chi connectivity index (χ0n) is 13.6. The molecule has 0 amide bonds. The highest BCUT2D eigenvalue weighted by Crippen LogP contribution is 2.20. The normalized spacial score (nSPS) is 13.9. The van der Waals surface area contributed by atoms with Gasteiger partial charge in [0.2, 0.25) is 0 Å². The van der Waals surface area contributed by atoms with Crippen molar-refractivity contribution in [3.63, 3.8) is 0 Å². The van der Waals surface area contributed by atoms with Gasteiger partial charge in [0.1, 0.15) is 0 Å². The first-order valence-electron chi connectivity index (χ1n) is 7.76. The molecule has 118 valence electrons. The maximum Gasteiger partial charge on any atom is 0.308 e. The third kappa shape index (κ3) is 8.18. The molecule has 0 saturated heterocycles. The fraction of sp³-hybridized carbons (Fsp3) is 0.875. The molecule has 0 heterocycles. The second kappa shape index (κ2) is 10.7. The molecule has 0 fully saturated rings. The lowest BCUT2D eigenvalue weighted by Gasteiger charge is -2.22. The first kappa shape index (κ1) is 18.9. The fourth-order valence-corrected chi connectivity index (χ4v) is 1.86. The van der Waals surface area contributed by atoms with Crippen LogP contribution in [0.15, 0.2) is 0 Å². The highest BCUT2D eigenvalue weighted by Gasteiger charge is 2.18. The summed E-state index contributed by atoms with van der Waals surface area (Å²) < 4.78 is 10.5. The van der Waals surface area contributed by atoms with E-state index in [9.17, 15) is 9.59 Å². The Morgan fingerprint density at radius 1 is 0.900 bits per heavy atom. The van der Waals surface area contributed by atoms with Crippen LogP contribution in [0.2, 0.25) is 0 Å². The molecule has 0 rings (SSSR count). The van der Waals surface area contributed by atoms with Crippen LogP contribution in [-0.2, 0) is 19.1 Å². The van der Waals surface area contributed by atoms with Crippen LogP contribution in [-0.4, -0.2) is 25.2 Å². The molecule has 0 aliphatic rings. The van der Waals surface area contributed by atoms with Crippen LogP contribution in [0.3, 0.4) is 0 Å². The average molecular weight is 286 g/mol. The molecule has 0 aliphatic heterocycles. The van der Waals surface area contributed by atoms with Gasteiger partial charge in [-0.25, -0.2) is 0 Å². The number of esters is 2. The first-order valence-corrected chi connectivity index (χ1v) is 7.76. The highest BCUT2D eigenvalue weighted by molar-refractivity contribution is 5.71. The predicted octanol–water partition coefficient (Wildman–Crippen LogP) is 3.58.